The van der Waals surface area contributed by atoms with Crippen LogP contribution in [-0.2, 0) is 10.0 Å². The van der Waals surface area contributed by atoms with Gasteiger partial charge in [0.15, 0.2) is 0 Å². The van der Waals surface area contributed by atoms with Gasteiger partial charge in [0.25, 0.3) is 0 Å². The van der Waals surface area contributed by atoms with Gasteiger partial charge in [-0.1, -0.05) is 47.5 Å². The number of fused-ring (bicyclic) bond motifs is 1. The monoisotopic (exact) mass is 383 g/mol. The number of sulfonamides is 1. The van der Waals surface area contributed by atoms with E-state index in [-0.39, 0.29) is 14.9 Å². The summed E-state index contributed by atoms with van der Waals surface area (Å²) in [5, 5.41) is 1.10. The average Bonchev–Trinajstić information content (AvgIpc) is 2.97. The molecule has 3 aromatic rings. The molecule has 126 valence electrons. The van der Waals surface area contributed by atoms with Gasteiger partial charge in [0.2, 0.25) is 10.0 Å². The van der Waals surface area contributed by atoms with Gasteiger partial charge in [-0.2, -0.15) is 4.31 Å². The summed E-state index contributed by atoms with van der Waals surface area (Å²) in [5.74, 6) is 0.547. The van der Waals surface area contributed by atoms with Gasteiger partial charge in [-0.25, -0.2) is 8.42 Å². The maximum absolute atomic E-state index is 12.9. The van der Waals surface area contributed by atoms with Crippen molar-refractivity contribution in [1.29, 1.82) is 0 Å². The number of halogens is 2. The highest BCUT2D eigenvalue weighted by Gasteiger charge is 2.31. The summed E-state index contributed by atoms with van der Waals surface area (Å²) in [5.41, 5.74) is 0.709. The van der Waals surface area contributed by atoms with Crippen molar-refractivity contribution in [1.82, 2.24) is 4.31 Å². The molecule has 0 amide bonds. The Kier molecular flexibility index (Phi) is 4.62. The van der Waals surface area contributed by atoms with Crippen LogP contribution < -0.4 is 0 Å². The van der Waals surface area contributed by atoms with E-state index in [0.29, 0.717) is 11.3 Å². The molecule has 0 saturated heterocycles. The second kappa shape index (κ2) is 6.41. The summed E-state index contributed by atoms with van der Waals surface area (Å²) in [7, 11) is -2.40. The highest BCUT2D eigenvalue weighted by molar-refractivity contribution is 7.89. The second-order valence-electron chi connectivity index (χ2n) is 5.43. The van der Waals surface area contributed by atoms with Crippen molar-refractivity contribution >= 4 is 44.2 Å². The van der Waals surface area contributed by atoms with Crippen molar-refractivity contribution < 1.29 is 12.8 Å². The predicted molar refractivity (Wildman–Crippen MR) is 96.0 cm³/mol. The van der Waals surface area contributed by atoms with Gasteiger partial charge >= 0.3 is 0 Å². The molecule has 0 unspecified atom stereocenters. The maximum atomic E-state index is 12.9. The highest BCUT2D eigenvalue weighted by Crippen LogP contribution is 2.35. The van der Waals surface area contributed by atoms with E-state index in [4.69, 9.17) is 27.6 Å². The van der Waals surface area contributed by atoms with Crippen LogP contribution in [0.4, 0.5) is 0 Å². The Bertz CT molecular complexity index is 945. The third kappa shape index (κ3) is 2.93. The molecule has 0 saturated carbocycles. The lowest BCUT2D eigenvalue weighted by molar-refractivity contribution is 0.348. The molecule has 0 aliphatic heterocycles. The number of nitrogens with zero attached hydrogens (tertiary/aromatic N) is 1. The van der Waals surface area contributed by atoms with Gasteiger partial charge in [0, 0.05) is 12.4 Å². The van der Waals surface area contributed by atoms with Crippen LogP contribution in [0.2, 0.25) is 10.0 Å². The van der Waals surface area contributed by atoms with Crippen LogP contribution in [-0.4, -0.2) is 19.8 Å². The van der Waals surface area contributed by atoms with Crippen molar-refractivity contribution in [2.24, 2.45) is 0 Å². The van der Waals surface area contributed by atoms with Crippen LogP contribution in [0.15, 0.2) is 57.8 Å². The van der Waals surface area contributed by atoms with Gasteiger partial charge < -0.3 is 4.42 Å². The minimum absolute atomic E-state index is 0.0890. The standard InChI is InChI=1S/C17H15Cl2NO3S/c1-11(16-10-12-6-3-4-9-15(12)23-16)20(2)24(21,22)17-13(18)7-5-8-14(17)19/h3-11H,1-2H3/t11-/m1/s1. The van der Waals surface area contributed by atoms with Crippen LogP contribution in [0.1, 0.15) is 18.7 Å². The third-order valence-electron chi connectivity index (χ3n) is 3.96. The Morgan fingerprint density at radius 2 is 1.67 bits per heavy atom. The molecule has 24 heavy (non-hydrogen) atoms. The molecule has 1 atom stereocenters. The van der Waals surface area contributed by atoms with Gasteiger partial charge in [-0.05, 0) is 31.2 Å². The third-order valence-corrected chi connectivity index (χ3v) is 6.84. The van der Waals surface area contributed by atoms with E-state index in [9.17, 15) is 8.42 Å². The molecule has 4 nitrogen and oxygen atoms in total. The zero-order chi connectivity index (χ0) is 17.5. The number of hydrogen-bond donors (Lipinski definition) is 0. The van der Waals surface area contributed by atoms with Crippen LogP contribution in [0.25, 0.3) is 11.0 Å². The van der Waals surface area contributed by atoms with E-state index in [1.807, 2.05) is 30.3 Å². The molecular weight excluding hydrogens is 369 g/mol. The van der Waals surface area contributed by atoms with Gasteiger partial charge in [-0.15, -0.1) is 0 Å². The Hall–Kier alpha value is -1.53. The van der Waals surface area contributed by atoms with E-state index in [1.54, 1.807) is 13.0 Å². The molecule has 1 heterocycles. The van der Waals surface area contributed by atoms with Gasteiger partial charge in [0.05, 0.1) is 16.1 Å². The molecule has 2 aromatic carbocycles. The normalized spacial score (nSPS) is 13.5. The topological polar surface area (TPSA) is 50.5 Å². The van der Waals surface area contributed by atoms with E-state index in [1.165, 1.54) is 23.5 Å². The van der Waals surface area contributed by atoms with Crippen molar-refractivity contribution in [2.45, 2.75) is 17.9 Å². The molecule has 7 heteroatoms. The first-order valence-corrected chi connectivity index (χ1v) is 9.42. The molecule has 0 N–H and O–H groups in total. The predicted octanol–water partition coefficient (Wildman–Crippen LogP) is 5.12. The van der Waals surface area contributed by atoms with Crippen molar-refractivity contribution in [3.05, 3.63) is 64.3 Å². The summed E-state index contributed by atoms with van der Waals surface area (Å²) in [4.78, 5) is -0.0983. The SMILES string of the molecule is C[C@H](c1cc2ccccc2o1)N(C)S(=O)(=O)c1c(Cl)cccc1Cl. The number of rotatable bonds is 4. The average molecular weight is 384 g/mol. The molecule has 0 radical (unpaired) electrons. The zero-order valence-corrected chi connectivity index (χ0v) is 15.4. The largest absolute Gasteiger partial charge is 0.459 e. The van der Waals surface area contributed by atoms with Crippen LogP contribution in [0.3, 0.4) is 0 Å². The number of hydrogen-bond acceptors (Lipinski definition) is 3. The zero-order valence-electron chi connectivity index (χ0n) is 13.0. The molecule has 0 aliphatic rings. The van der Waals surface area contributed by atoms with Crippen LogP contribution in [0.5, 0.6) is 0 Å². The quantitative estimate of drug-likeness (QED) is 0.627. The molecule has 0 bridgehead atoms. The Morgan fingerprint density at radius 3 is 2.29 bits per heavy atom. The Labute approximate surface area is 150 Å². The summed E-state index contributed by atoms with van der Waals surface area (Å²) in [6.07, 6.45) is 0. The lowest BCUT2D eigenvalue weighted by Crippen LogP contribution is -2.30. The first kappa shape index (κ1) is 17.3. The number of para-hydroxylation sites is 1. The first-order chi connectivity index (χ1) is 11.3. The van der Waals surface area contributed by atoms with Gasteiger partial charge in [0.1, 0.15) is 16.2 Å². The first-order valence-electron chi connectivity index (χ1n) is 7.23. The second-order valence-corrected chi connectivity index (χ2v) is 8.18. The molecule has 0 aliphatic carbocycles. The molecular formula is C17H15Cl2NO3S. The summed E-state index contributed by atoms with van der Waals surface area (Å²) in [6, 6.07) is 13.4. The van der Waals surface area contributed by atoms with E-state index >= 15 is 0 Å². The minimum atomic E-state index is -3.88. The fraction of sp³-hybridized carbons (Fsp3) is 0.176. The summed E-state index contributed by atoms with van der Waals surface area (Å²) < 4.78 is 32.8. The fourth-order valence-corrected chi connectivity index (χ4v) is 4.89. The molecule has 3 rings (SSSR count). The van der Waals surface area contributed by atoms with E-state index < -0.39 is 16.1 Å². The maximum Gasteiger partial charge on any atom is 0.246 e. The van der Waals surface area contributed by atoms with Crippen LogP contribution >= 0.6 is 23.2 Å². The van der Waals surface area contributed by atoms with Crippen molar-refractivity contribution in [3.63, 3.8) is 0 Å². The minimum Gasteiger partial charge on any atom is -0.459 e. The van der Waals surface area contributed by atoms with Crippen LogP contribution in [0, 0.1) is 0 Å². The summed E-state index contributed by atoms with van der Waals surface area (Å²) in [6.45, 7) is 1.75. The Morgan fingerprint density at radius 1 is 1.04 bits per heavy atom. The summed E-state index contributed by atoms with van der Waals surface area (Å²) >= 11 is 12.1. The molecule has 0 spiro atoms. The lowest BCUT2D eigenvalue weighted by atomic mass is 10.2. The van der Waals surface area contributed by atoms with Gasteiger partial charge in [-0.3, -0.25) is 0 Å². The smallest absolute Gasteiger partial charge is 0.246 e. The lowest BCUT2D eigenvalue weighted by Gasteiger charge is -2.23. The van der Waals surface area contributed by atoms with E-state index in [0.717, 1.165) is 5.39 Å². The Balaban J connectivity index is 2.02. The molecule has 1 aromatic heterocycles. The highest BCUT2D eigenvalue weighted by atomic mass is 35.5. The fourth-order valence-electron chi connectivity index (χ4n) is 2.47. The molecule has 0 fully saturated rings. The van der Waals surface area contributed by atoms with Crippen molar-refractivity contribution in [2.75, 3.05) is 7.05 Å². The number of furan rings is 1. The van der Waals surface area contributed by atoms with Crippen molar-refractivity contribution in [3.8, 4) is 0 Å². The van der Waals surface area contributed by atoms with E-state index in [2.05, 4.69) is 0 Å². The number of benzene rings is 2.